The molecule has 4 unspecified atom stereocenters. The standard InChI is InChI=1S/C29H34O/c1-4-20(2)27-14-15-28-26-12-10-22-18-23(30-19-21-8-6-5-7-9-21)11-13-24(22)25(26)16-17-29(27,28)3/h4-9,11,13-14,18,20,25-26,28H,1,10,12,15-17,19H2,2-3H3/t20?,25?,26?,28?,29-/m1/s1. The van der Waals surface area contributed by atoms with Crippen LogP contribution in [-0.4, -0.2) is 0 Å². The van der Waals surface area contributed by atoms with Crippen LogP contribution in [0.4, 0.5) is 0 Å². The molecule has 0 saturated heterocycles. The zero-order valence-corrected chi connectivity index (χ0v) is 18.4. The Hall–Kier alpha value is -2.28. The first-order chi connectivity index (χ1) is 14.6. The normalized spacial score (nSPS) is 30.5. The summed E-state index contributed by atoms with van der Waals surface area (Å²) in [6.07, 6.45) is 11.1. The van der Waals surface area contributed by atoms with Crippen molar-refractivity contribution in [1.82, 2.24) is 0 Å². The predicted molar refractivity (Wildman–Crippen MR) is 125 cm³/mol. The predicted octanol–water partition coefficient (Wildman–Crippen LogP) is 7.48. The van der Waals surface area contributed by atoms with E-state index in [0.29, 0.717) is 17.9 Å². The molecule has 2 aromatic carbocycles. The van der Waals surface area contributed by atoms with E-state index in [2.05, 4.69) is 81.1 Å². The molecule has 5 rings (SSSR count). The third-order valence-electron chi connectivity index (χ3n) is 8.43. The maximum Gasteiger partial charge on any atom is 0.120 e. The van der Waals surface area contributed by atoms with Crippen molar-refractivity contribution >= 4 is 0 Å². The summed E-state index contributed by atoms with van der Waals surface area (Å²) in [5, 5.41) is 0. The van der Waals surface area contributed by atoms with Gasteiger partial charge >= 0.3 is 0 Å². The van der Waals surface area contributed by atoms with Crippen LogP contribution in [-0.2, 0) is 13.0 Å². The number of fused-ring (bicyclic) bond motifs is 5. The van der Waals surface area contributed by atoms with Gasteiger partial charge in [0.2, 0.25) is 0 Å². The largest absolute Gasteiger partial charge is 0.489 e. The zero-order valence-electron chi connectivity index (χ0n) is 18.4. The Kier molecular flexibility index (Phi) is 5.09. The molecule has 0 aliphatic heterocycles. The molecular formula is C29H34O. The summed E-state index contributed by atoms with van der Waals surface area (Å²) in [6.45, 7) is 9.59. The fourth-order valence-electron chi connectivity index (χ4n) is 6.82. The SMILES string of the molecule is C=CC(C)C1=CCC2C3CCc4cc(OCc5ccccc5)ccc4C3CC[C@]12C. The highest BCUT2D eigenvalue weighted by molar-refractivity contribution is 5.42. The van der Waals surface area contributed by atoms with Crippen LogP contribution in [0.2, 0.25) is 0 Å². The number of allylic oxidation sites excluding steroid dienone is 3. The van der Waals surface area contributed by atoms with Crippen molar-refractivity contribution in [2.75, 3.05) is 0 Å². The molecule has 0 amide bonds. The molecule has 5 atom stereocenters. The molecule has 0 spiro atoms. The Balaban J connectivity index is 1.33. The minimum atomic E-state index is 0.380. The van der Waals surface area contributed by atoms with E-state index in [1.54, 1.807) is 11.1 Å². The molecule has 0 heterocycles. The summed E-state index contributed by atoms with van der Waals surface area (Å²) < 4.78 is 6.11. The van der Waals surface area contributed by atoms with E-state index < -0.39 is 0 Å². The first kappa shape index (κ1) is 19.7. The van der Waals surface area contributed by atoms with Crippen molar-refractivity contribution in [3.8, 4) is 5.75 Å². The van der Waals surface area contributed by atoms with Gasteiger partial charge in [0.25, 0.3) is 0 Å². The fourth-order valence-corrected chi connectivity index (χ4v) is 6.82. The van der Waals surface area contributed by atoms with Crippen molar-refractivity contribution in [1.29, 1.82) is 0 Å². The van der Waals surface area contributed by atoms with Crippen LogP contribution in [0.25, 0.3) is 0 Å². The first-order valence-corrected chi connectivity index (χ1v) is 11.7. The molecule has 30 heavy (non-hydrogen) atoms. The van der Waals surface area contributed by atoms with Crippen molar-refractivity contribution in [3.05, 3.63) is 89.5 Å². The lowest BCUT2D eigenvalue weighted by Gasteiger charge is -2.51. The molecule has 1 nitrogen and oxygen atoms in total. The summed E-state index contributed by atoms with van der Waals surface area (Å²) in [5.41, 5.74) is 6.39. The van der Waals surface area contributed by atoms with Gasteiger partial charge in [-0.15, -0.1) is 6.58 Å². The van der Waals surface area contributed by atoms with E-state index in [4.69, 9.17) is 4.74 Å². The van der Waals surface area contributed by atoms with Crippen LogP contribution in [0, 0.1) is 23.2 Å². The van der Waals surface area contributed by atoms with E-state index in [9.17, 15) is 0 Å². The third-order valence-corrected chi connectivity index (χ3v) is 8.43. The van der Waals surface area contributed by atoms with Crippen molar-refractivity contribution in [3.63, 3.8) is 0 Å². The maximum atomic E-state index is 6.11. The van der Waals surface area contributed by atoms with Gasteiger partial charge in [0.05, 0.1) is 0 Å². The van der Waals surface area contributed by atoms with Gasteiger partial charge in [0.1, 0.15) is 12.4 Å². The molecule has 0 aromatic heterocycles. The van der Waals surface area contributed by atoms with Crippen molar-refractivity contribution < 1.29 is 4.74 Å². The number of aryl methyl sites for hydroxylation is 1. The third kappa shape index (κ3) is 3.23. The van der Waals surface area contributed by atoms with Gasteiger partial charge in [-0.05, 0) is 90.0 Å². The van der Waals surface area contributed by atoms with Gasteiger partial charge in [-0.3, -0.25) is 0 Å². The Morgan fingerprint density at radius 3 is 2.80 bits per heavy atom. The molecule has 1 saturated carbocycles. The molecule has 3 aliphatic rings. The second kappa shape index (κ2) is 7.76. The van der Waals surface area contributed by atoms with Gasteiger partial charge < -0.3 is 4.74 Å². The van der Waals surface area contributed by atoms with Gasteiger partial charge in [-0.2, -0.15) is 0 Å². The lowest BCUT2D eigenvalue weighted by molar-refractivity contribution is 0.0710. The quantitative estimate of drug-likeness (QED) is 0.474. The van der Waals surface area contributed by atoms with Gasteiger partial charge in [0.15, 0.2) is 0 Å². The van der Waals surface area contributed by atoms with E-state index in [0.717, 1.165) is 23.5 Å². The lowest BCUT2D eigenvalue weighted by atomic mass is 9.53. The van der Waals surface area contributed by atoms with Crippen LogP contribution in [0.15, 0.2) is 72.8 Å². The molecule has 156 valence electrons. The van der Waals surface area contributed by atoms with Gasteiger partial charge in [0, 0.05) is 0 Å². The minimum absolute atomic E-state index is 0.380. The van der Waals surface area contributed by atoms with Crippen LogP contribution < -0.4 is 4.74 Å². The van der Waals surface area contributed by atoms with Crippen LogP contribution >= 0.6 is 0 Å². The van der Waals surface area contributed by atoms with Gasteiger partial charge in [-0.25, -0.2) is 0 Å². The molecule has 0 bridgehead atoms. The second-order valence-corrected chi connectivity index (χ2v) is 9.93. The Morgan fingerprint density at radius 1 is 1.17 bits per heavy atom. The monoisotopic (exact) mass is 398 g/mol. The summed E-state index contributed by atoms with van der Waals surface area (Å²) in [5.74, 6) is 3.87. The van der Waals surface area contributed by atoms with E-state index in [1.807, 2.05) is 0 Å². The Morgan fingerprint density at radius 2 is 2.00 bits per heavy atom. The Labute approximate surface area is 181 Å². The second-order valence-electron chi connectivity index (χ2n) is 9.93. The van der Waals surface area contributed by atoms with Crippen LogP contribution in [0.5, 0.6) is 5.75 Å². The zero-order chi connectivity index (χ0) is 20.7. The van der Waals surface area contributed by atoms with Crippen LogP contribution in [0.3, 0.4) is 0 Å². The van der Waals surface area contributed by atoms with Gasteiger partial charge in [-0.1, -0.05) is 68.0 Å². The summed E-state index contributed by atoms with van der Waals surface area (Å²) >= 11 is 0. The average molecular weight is 399 g/mol. The summed E-state index contributed by atoms with van der Waals surface area (Å²) in [7, 11) is 0. The summed E-state index contributed by atoms with van der Waals surface area (Å²) in [6, 6.07) is 17.3. The number of ether oxygens (including phenoxy) is 1. The smallest absolute Gasteiger partial charge is 0.120 e. The number of hydrogen-bond donors (Lipinski definition) is 0. The molecular weight excluding hydrogens is 364 g/mol. The highest BCUT2D eigenvalue weighted by Crippen LogP contribution is 2.62. The molecule has 1 heteroatoms. The van der Waals surface area contributed by atoms with Crippen molar-refractivity contribution in [2.45, 2.75) is 58.5 Å². The molecule has 1 fully saturated rings. The first-order valence-electron chi connectivity index (χ1n) is 11.7. The molecule has 3 aliphatic carbocycles. The summed E-state index contributed by atoms with van der Waals surface area (Å²) in [4.78, 5) is 0. The van der Waals surface area contributed by atoms with Crippen LogP contribution in [0.1, 0.15) is 62.1 Å². The molecule has 2 aromatic rings. The van der Waals surface area contributed by atoms with E-state index >= 15 is 0 Å². The molecule has 0 N–H and O–H groups in total. The molecule has 0 radical (unpaired) electrons. The fraction of sp³-hybridized carbons (Fsp3) is 0.448. The van der Waals surface area contributed by atoms with E-state index in [1.165, 1.54) is 43.2 Å². The van der Waals surface area contributed by atoms with E-state index in [-0.39, 0.29) is 0 Å². The van der Waals surface area contributed by atoms with Crippen molar-refractivity contribution in [2.24, 2.45) is 23.2 Å². The maximum absolute atomic E-state index is 6.11. The lowest BCUT2D eigenvalue weighted by Crippen LogP contribution is -2.41. The minimum Gasteiger partial charge on any atom is -0.489 e. The number of benzene rings is 2. The highest BCUT2D eigenvalue weighted by Gasteiger charge is 2.52. The average Bonchev–Trinajstić information content (AvgIpc) is 3.14. The number of rotatable bonds is 5. The Bertz CT molecular complexity index is 956. The topological polar surface area (TPSA) is 9.23 Å². The highest BCUT2D eigenvalue weighted by atomic mass is 16.5. The number of hydrogen-bond acceptors (Lipinski definition) is 1.